The smallest absolute Gasteiger partial charge is 0.0622 e. The van der Waals surface area contributed by atoms with Crippen molar-refractivity contribution in [3.8, 4) is 0 Å². The van der Waals surface area contributed by atoms with Crippen LogP contribution < -0.4 is 5.73 Å². The van der Waals surface area contributed by atoms with Gasteiger partial charge in [0.1, 0.15) is 0 Å². The summed E-state index contributed by atoms with van der Waals surface area (Å²) in [4.78, 5) is 2.60. The zero-order valence-corrected chi connectivity index (χ0v) is 9.11. The molecule has 0 bridgehead atoms. The van der Waals surface area contributed by atoms with E-state index < -0.39 is 0 Å². The lowest BCUT2D eigenvalue weighted by atomic mass is 10.1. The quantitative estimate of drug-likeness (QED) is 0.727. The number of nitrogens with zero attached hydrogens (tertiary/aromatic N) is 1. The van der Waals surface area contributed by atoms with Gasteiger partial charge in [0.05, 0.1) is 13.2 Å². The Bertz CT molecular complexity index is 182. The summed E-state index contributed by atoms with van der Waals surface area (Å²) in [6, 6.07) is 1.24. The van der Waals surface area contributed by atoms with Crippen LogP contribution in [0.1, 0.15) is 26.2 Å². The lowest BCUT2D eigenvalue weighted by Gasteiger charge is -2.40. The highest BCUT2D eigenvalue weighted by molar-refractivity contribution is 4.92. The number of hydrogen-bond acceptors (Lipinski definition) is 3. The van der Waals surface area contributed by atoms with E-state index in [2.05, 4.69) is 11.8 Å². The number of rotatable bonds is 4. The van der Waals surface area contributed by atoms with Crippen LogP contribution in [0.15, 0.2) is 0 Å². The van der Waals surface area contributed by atoms with Crippen LogP contribution in [0.2, 0.25) is 0 Å². The molecule has 2 fully saturated rings. The highest BCUT2D eigenvalue weighted by Gasteiger charge is 2.37. The lowest BCUT2D eigenvalue weighted by Crippen LogP contribution is -2.53. The maximum absolute atomic E-state index is 5.88. The van der Waals surface area contributed by atoms with Gasteiger partial charge in [-0.25, -0.2) is 0 Å². The molecule has 3 heteroatoms. The third-order valence-corrected chi connectivity index (χ3v) is 3.58. The van der Waals surface area contributed by atoms with E-state index >= 15 is 0 Å². The summed E-state index contributed by atoms with van der Waals surface area (Å²) in [5.74, 6) is 0.882. The first-order valence-electron chi connectivity index (χ1n) is 5.90. The van der Waals surface area contributed by atoms with E-state index in [4.69, 9.17) is 10.5 Å². The first-order chi connectivity index (χ1) is 6.86. The molecule has 1 saturated carbocycles. The van der Waals surface area contributed by atoms with Gasteiger partial charge in [0.2, 0.25) is 0 Å². The van der Waals surface area contributed by atoms with Gasteiger partial charge in [0.15, 0.2) is 0 Å². The van der Waals surface area contributed by atoms with Crippen LogP contribution in [0.4, 0.5) is 0 Å². The van der Waals surface area contributed by atoms with Crippen molar-refractivity contribution < 1.29 is 4.74 Å². The fourth-order valence-electron chi connectivity index (χ4n) is 2.54. The molecule has 2 rings (SSSR count). The van der Waals surface area contributed by atoms with E-state index in [0.717, 1.165) is 32.2 Å². The molecule has 2 aliphatic rings. The molecule has 2 N–H and O–H groups in total. The molecular formula is C11H22N2O. The molecule has 0 aromatic rings. The standard InChI is InChI=1S/C11H22N2O/c1-2-10-8-14-6-5-13(10)11(7-12)9-3-4-9/h9-11H,2-8,12H2,1H3. The van der Waals surface area contributed by atoms with E-state index in [9.17, 15) is 0 Å². The van der Waals surface area contributed by atoms with Gasteiger partial charge < -0.3 is 10.5 Å². The molecular weight excluding hydrogens is 176 g/mol. The van der Waals surface area contributed by atoms with Crippen molar-refractivity contribution in [2.75, 3.05) is 26.3 Å². The number of nitrogens with two attached hydrogens (primary N) is 1. The summed E-state index contributed by atoms with van der Waals surface area (Å²) in [7, 11) is 0. The van der Waals surface area contributed by atoms with E-state index in [1.807, 2.05) is 0 Å². The second-order valence-electron chi connectivity index (χ2n) is 4.52. The SMILES string of the molecule is CCC1COCCN1C(CN)C1CC1. The summed E-state index contributed by atoms with van der Waals surface area (Å²) in [5, 5.41) is 0. The number of ether oxygens (including phenoxy) is 1. The Labute approximate surface area is 86.6 Å². The van der Waals surface area contributed by atoms with Gasteiger partial charge in [-0.2, -0.15) is 0 Å². The second kappa shape index (κ2) is 4.60. The van der Waals surface area contributed by atoms with Crippen LogP contribution in [0.5, 0.6) is 0 Å². The van der Waals surface area contributed by atoms with Crippen LogP contribution in [0, 0.1) is 5.92 Å². The Balaban J connectivity index is 1.96. The summed E-state index contributed by atoms with van der Waals surface area (Å²) in [6.45, 7) is 5.93. The highest BCUT2D eigenvalue weighted by Crippen LogP contribution is 2.36. The van der Waals surface area contributed by atoms with Gasteiger partial charge in [-0.3, -0.25) is 4.90 Å². The third-order valence-electron chi connectivity index (χ3n) is 3.58. The Hall–Kier alpha value is -0.120. The Morgan fingerprint density at radius 3 is 2.86 bits per heavy atom. The van der Waals surface area contributed by atoms with Crippen molar-refractivity contribution in [2.24, 2.45) is 11.7 Å². The van der Waals surface area contributed by atoms with Crippen molar-refractivity contribution >= 4 is 0 Å². The summed E-state index contributed by atoms with van der Waals surface area (Å²) >= 11 is 0. The molecule has 82 valence electrons. The normalized spacial score (nSPS) is 31.7. The zero-order chi connectivity index (χ0) is 9.97. The van der Waals surface area contributed by atoms with Gasteiger partial charge in [-0.05, 0) is 25.2 Å². The second-order valence-corrected chi connectivity index (χ2v) is 4.52. The minimum atomic E-state index is 0.609. The molecule has 0 radical (unpaired) electrons. The van der Waals surface area contributed by atoms with E-state index in [1.54, 1.807) is 0 Å². The predicted molar refractivity (Wildman–Crippen MR) is 57.2 cm³/mol. The minimum Gasteiger partial charge on any atom is -0.378 e. The topological polar surface area (TPSA) is 38.5 Å². The van der Waals surface area contributed by atoms with Crippen molar-refractivity contribution in [3.05, 3.63) is 0 Å². The van der Waals surface area contributed by atoms with E-state index in [-0.39, 0.29) is 0 Å². The maximum atomic E-state index is 5.88. The molecule has 0 aromatic carbocycles. The fourth-order valence-corrected chi connectivity index (χ4v) is 2.54. The fraction of sp³-hybridized carbons (Fsp3) is 1.00. The number of hydrogen-bond donors (Lipinski definition) is 1. The Morgan fingerprint density at radius 2 is 2.29 bits per heavy atom. The van der Waals surface area contributed by atoms with Gasteiger partial charge in [0.25, 0.3) is 0 Å². The molecule has 2 unspecified atom stereocenters. The molecule has 0 aromatic heterocycles. The third kappa shape index (κ3) is 2.10. The molecule has 2 atom stereocenters. The number of morpholine rings is 1. The lowest BCUT2D eigenvalue weighted by molar-refractivity contribution is -0.0326. The van der Waals surface area contributed by atoms with E-state index in [0.29, 0.717) is 12.1 Å². The molecule has 1 aliphatic heterocycles. The van der Waals surface area contributed by atoms with Gasteiger partial charge in [-0.1, -0.05) is 6.92 Å². The van der Waals surface area contributed by atoms with Gasteiger partial charge >= 0.3 is 0 Å². The van der Waals surface area contributed by atoms with Crippen LogP contribution in [0.3, 0.4) is 0 Å². The van der Waals surface area contributed by atoms with Gasteiger partial charge in [0, 0.05) is 25.2 Å². The molecule has 1 saturated heterocycles. The summed E-state index contributed by atoms with van der Waals surface area (Å²) < 4.78 is 5.52. The summed E-state index contributed by atoms with van der Waals surface area (Å²) in [5.41, 5.74) is 5.88. The Morgan fingerprint density at radius 1 is 1.50 bits per heavy atom. The first kappa shape index (κ1) is 10.4. The molecule has 1 aliphatic carbocycles. The molecule has 1 heterocycles. The summed E-state index contributed by atoms with van der Waals surface area (Å²) in [6.07, 6.45) is 3.95. The van der Waals surface area contributed by atoms with Crippen molar-refractivity contribution in [2.45, 2.75) is 38.3 Å². The van der Waals surface area contributed by atoms with Crippen molar-refractivity contribution in [3.63, 3.8) is 0 Å². The maximum Gasteiger partial charge on any atom is 0.0622 e. The largest absolute Gasteiger partial charge is 0.378 e. The monoisotopic (exact) mass is 198 g/mol. The molecule has 0 spiro atoms. The van der Waals surface area contributed by atoms with Crippen LogP contribution in [-0.2, 0) is 4.74 Å². The van der Waals surface area contributed by atoms with E-state index in [1.165, 1.54) is 19.3 Å². The average molecular weight is 198 g/mol. The highest BCUT2D eigenvalue weighted by atomic mass is 16.5. The predicted octanol–water partition coefficient (Wildman–Crippen LogP) is 0.834. The van der Waals surface area contributed by atoms with Gasteiger partial charge in [-0.15, -0.1) is 0 Å². The first-order valence-corrected chi connectivity index (χ1v) is 5.90. The van der Waals surface area contributed by atoms with Crippen molar-refractivity contribution in [1.82, 2.24) is 4.90 Å². The molecule has 3 nitrogen and oxygen atoms in total. The minimum absolute atomic E-state index is 0.609. The van der Waals surface area contributed by atoms with Crippen molar-refractivity contribution in [1.29, 1.82) is 0 Å². The average Bonchev–Trinajstić information content (AvgIpc) is 3.04. The molecule has 0 amide bonds. The zero-order valence-electron chi connectivity index (χ0n) is 9.11. The van der Waals surface area contributed by atoms with Crippen LogP contribution in [0.25, 0.3) is 0 Å². The van der Waals surface area contributed by atoms with Crippen LogP contribution in [-0.4, -0.2) is 43.3 Å². The molecule has 14 heavy (non-hydrogen) atoms. The van der Waals surface area contributed by atoms with Crippen LogP contribution >= 0.6 is 0 Å². The Kier molecular flexibility index (Phi) is 3.42.